The van der Waals surface area contributed by atoms with E-state index in [1.165, 1.54) is 4.90 Å². The Kier molecular flexibility index (Phi) is 4.83. The van der Waals surface area contributed by atoms with E-state index in [1.54, 1.807) is 45.0 Å². The van der Waals surface area contributed by atoms with Crippen molar-refractivity contribution in [2.24, 2.45) is 0 Å². The first-order chi connectivity index (χ1) is 12.1. The Hall–Kier alpha value is -1.93. The number of para-hydroxylation sites is 2. The van der Waals surface area contributed by atoms with Crippen molar-refractivity contribution in [3.05, 3.63) is 29.4 Å². The van der Waals surface area contributed by atoms with Gasteiger partial charge in [0.2, 0.25) is 9.84 Å². The van der Waals surface area contributed by atoms with Gasteiger partial charge in [-0.3, -0.25) is 0 Å². The molecule has 1 atom stereocenters. The molecule has 26 heavy (non-hydrogen) atoms. The predicted molar refractivity (Wildman–Crippen MR) is 97.9 cm³/mol. The average Bonchev–Trinajstić information content (AvgIpc) is 3.03. The highest BCUT2D eigenvalue weighted by molar-refractivity contribution is 7.92. The van der Waals surface area contributed by atoms with Crippen LogP contribution >= 0.6 is 11.6 Å². The van der Waals surface area contributed by atoms with Crippen LogP contribution in [0.3, 0.4) is 0 Å². The van der Waals surface area contributed by atoms with Crippen LogP contribution in [0.1, 0.15) is 27.2 Å². The molecule has 1 aliphatic rings. The minimum Gasteiger partial charge on any atom is -0.444 e. The highest BCUT2D eigenvalue weighted by Crippen LogP contribution is 2.29. The SMILES string of the molecule is CC(C)(C)OC(=O)N1CC[C@H](S(=O)(=O)c2nc3ccccc3nc2Cl)C1. The number of amides is 1. The van der Waals surface area contributed by atoms with Crippen LogP contribution in [0, 0.1) is 0 Å². The average molecular weight is 398 g/mol. The molecule has 140 valence electrons. The molecule has 1 fully saturated rings. The molecule has 0 radical (unpaired) electrons. The number of hydrogen-bond acceptors (Lipinski definition) is 6. The summed E-state index contributed by atoms with van der Waals surface area (Å²) in [6.07, 6.45) is -0.224. The van der Waals surface area contributed by atoms with Gasteiger partial charge >= 0.3 is 6.09 Å². The lowest BCUT2D eigenvalue weighted by molar-refractivity contribution is 0.0295. The highest BCUT2D eigenvalue weighted by atomic mass is 35.5. The van der Waals surface area contributed by atoms with E-state index < -0.39 is 26.8 Å². The minimum atomic E-state index is -3.83. The number of likely N-dealkylation sites (tertiary alicyclic amines) is 1. The molecule has 1 aromatic heterocycles. The molecule has 0 unspecified atom stereocenters. The first kappa shape index (κ1) is 18.8. The van der Waals surface area contributed by atoms with Crippen molar-refractivity contribution in [2.45, 2.75) is 43.1 Å². The van der Waals surface area contributed by atoms with Crippen molar-refractivity contribution in [1.82, 2.24) is 14.9 Å². The number of aromatic nitrogens is 2. The van der Waals surface area contributed by atoms with Crippen LogP contribution in [-0.2, 0) is 14.6 Å². The largest absolute Gasteiger partial charge is 0.444 e. The van der Waals surface area contributed by atoms with Crippen molar-refractivity contribution in [1.29, 1.82) is 0 Å². The number of nitrogens with zero attached hydrogens (tertiary/aromatic N) is 3. The van der Waals surface area contributed by atoms with Gasteiger partial charge in [0.1, 0.15) is 5.60 Å². The van der Waals surface area contributed by atoms with Gasteiger partial charge < -0.3 is 9.64 Å². The third-order valence-corrected chi connectivity index (χ3v) is 6.47. The van der Waals surface area contributed by atoms with Gasteiger partial charge in [-0.05, 0) is 39.3 Å². The zero-order chi connectivity index (χ0) is 19.1. The van der Waals surface area contributed by atoms with Crippen LogP contribution in [0.25, 0.3) is 11.0 Å². The standard InChI is InChI=1S/C17H20ClN3O4S/c1-17(2,3)25-16(22)21-9-8-11(10-21)26(23,24)15-14(18)19-12-6-4-5-7-13(12)20-15/h4-7,11H,8-10H2,1-3H3/t11-/m0/s1. The summed E-state index contributed by atoms with van der Waals surface area (Å²) < 4.78 is 31.3. The van der Waals surface area contributed by atoms with Crippen molar-refractivity contribution in [3.8, 4) is 0 Å². The van der Waals surface area contributed by atoms with E-state index in [4.69, 9.17) is 16.3 Å². The molecular formula is C17H20ClN3O4S. The lowest BCUT2D eigenvalue weighted by Crippen LogP contribution is -2.36. The lowest BCUT2D eigenvalue weighted by Gasteiger charge is -2.24. The summed E-state index contributed by atoms with van der Waals surface area (Å²) in [5, 5.41) is -1.18. The second kappa shape index (κ2) is 6.66. The molecule has 0 spiro atoms. The van der Waals surface area contributed by atoms with Gasteiger partial charge in [-0.25, -0.2) is 23.2 Å². The summed E-state index contributed by atoms with van der Waals surface area (Å²) in [5.74, 6) is 0. The maximum atomic E-state index is 13.0. The molecule has 9 heteroatoms. The number of benzene rings is 1. The number of fused-ring (bicyclic) bond motifs is 1. The summed E-state index contributed by atoms with van der Waals surface area (Å²) in [4.78, 5) is 21.9. The molecule has 1 aromatic carbocycles. The quantitative estimate of drug-likeness (QED) is 0.773. The molecule has 2 aromatic rings. The number of carbonyl (C=O) groups is 1. The van der Waals surface area contributed by atoms with E-state index in [1.807, 2.05) is 0 Å². The van der Waals surface area contributed by atoms with Crippen molar-refractivity contribution >= 4 is 38.6 Å². The molecular weight excluding hydrogens is 378 g/mol. The second-order valence-electron chi connectivity index (χ2n) is 7.19. The van der Waals surface area contributed by atoms with Gasteiger partial charge in [0, 0.05) is 13.1 Å². The normalized spacial score (nSPS) is 18.3. The van der Waals surface area contributed by atoms with Crippen LogP contribution in [0.5, 0.6) is 0 Å². The molecule has 0 saturated carbocycles. The van der Waals surface area contributed by atoms with Gasteiger partial charge in [0.05, 0.1) is 16.3 Å². The summed E-state index contributed by atoms with van der Waals surface area (Å²) in [6.45, 7) is 5.64. The summed E-state index contributed by atoms with van der Waals surface area (Å²) >= 11 is 6.09. The first-order valence-corrected chi connectivity index (χ1v) is 10.1. The van der Waals surface area contributed by atoms with E-state index >= 15 is 0 Å². The Morgan fingerprint density at radius 3 is 2.46 bits per heavy atom. The first-order valence-electron chi connectivity index (χ1n) is 8.22. The summed E-state index contributed by atoms with van der Waals surface area (Å²) in [6, 6.07) is 6.92. The Balaban J connectivity index is 1.85. The number of ether oxygens (including phenoxy) is 1. The van der Waals surface area contributed by atoms with Crippen LogP contribution in [0.15, 0.2) is 29.3 Å². The monoisotopic (exact) mass is 397 g/mol. The van der Waals surface area contributed by atoms with E-state index in [-0.39, 0.29) is 16.7 Å². The minimum absolute atomic E-state index is 0.0437. The maximum Gasteiger partial charge on any atom is 0.410 e. The van der Waals surface area contributed by atoms with Crippen molar-refractivity contribution in [2.75, 3.05) is 13.1 Å². The van der Waals surface area contributed by atoms with Gasteiger partial charge in [-0.2, -0.15) is 0 Å². The van der Waals surface area contributed by atoms with E-state index in [2.05, 4.69) is 9.97 Å². The van der Waals surface area contributed by atoms with Crippen LogP contribution < -0.4 is 0 Å². The van der Waals surface area contributed by atoms with E-state index in [9.17, 15) is 13.2 Å². The van der Waals surface area contributed by atoms with Gasteiger partial charge in [-0.1, -0.05) is 23.7 Å². The molecule has 1 amide bonds. The molecule has 3 rings (SSSR count). The maximum absolute atomic E-state index is 13.0. The van der Waals surface area contributed by atoms with Gasteiger partial charge in [0.15, 0.2) is 10.2 Å². The summed E-state index contributed by atoms with van der Waals surface area (Å²) in [5.41, 5.74) is 0.344. The Morgan fingerprint density at radius 1 is 1.23 bits per heavy atom. The number of hydrogen-bond donors (Lipinski definition) is 0. The zero-order valence-electron chi connectivity index (χ0n) is 14.8. The number of sulfone groups is 1. The van der Waals surface area contributed by atoms with Gasteiger partial charge in [0.25, 0.3) is 0 Å². The fourth-order valence-corrected chi connectivity index (χ4v) is 4.84. The number of carbonyl (C=O) groups excluding carboxylic acids is 1. The number of rotatable bonds is 2. The van der Waals surface area contributed by atoms with E-state index in [0.717, 1.165) is 0 Å². The highest BCUT2D eigenvalue weighted by Gasteiger charge is 2.39. The molecule has 2 heterocycles. The zero-order valence-corrected chi connectivity index (χ0v) is 16.3. The molecule has 1 saturated heterocycles. The Morgan fingerprint density at radius 2 is 1.85 bits per heavy atom. The topological polar surface area (TPSA) is 89.5 Å². The third-order valence-electron chi connectivity index (χ3n) is 4.00. The van der Waals surface area contributed by atoms with E-state index in [0.29, 0.717) is 24.0 Å². The summed E-state index contributed by atoms with van der Waals surface area (Å²) in [7, 11) is -3.83. The lowest BCUT2D eigenvalue weighted by atomic mass is 10.2. The predicted octanol–water partition coefficient (Wildman–Crippen LogP) is 3.07. The molecule has 0 N–H and O–H groups in total. The molecule has 1 aliphatic heterocycles. The fraction of sp³-hybridized carbons (Fsp3) is 0.471. The smallest absolute Gasteiger partial charge is 0.410 e. The molecule has 0 bridgehead atoms. The fourth-order valence-electron chi connectivity index (χ4n) is 2.78. The Labute approximate surface area is 157 Å². The van der Waals surface area contributed by atoms with Crippen molar-refractivity contribution < 1.29 is 17.9 Å². The molecule has 7 nitrogen and oxygen atoms in total. The van der Waals surface area contributed by atoms with Crippen LogP contribution in [0.2, 0.25) is 5.15 Å². The van der Waals surface area contributed by atoms with Crippen molar-refractivity contribution in [3.63, 3.8) is 0 Å². The molecule has 0 aliphatic carbocycles. The second-order valence-corrected chi connectivity index (χ2v) is 9.69. The Bertz CT molecular complexity index is 956. The van der Waals surface area contributed by atoms with Gasteiger partial charge in [-0.15, -0.1) is 0 Å². The number of halogens is 1. The van der Waals surface area contributed by atoms with Crippen LogP contribution in [-0.4, -0.2) is 53.3 Å². The third kappa shape index (κ3) is 3.76. The van der Waals surface area contributed by atoms with Crippen LogP contribution in [0.4, 0.5) is 4.79 Å².